The fraction of sp³-hybridized carbons (Fsp3) is 0.875. The van der Waals surface area contributed by atoms with Gasteiger partial charge in [0, 0.05) is 19.0 Å². The maximum absolute atomic E-state index is 13.9. The molecule has 2 fully saturated rings. The van der Waals surface area contributed by atoms with Crippen LogP contribution in [0.15, 0.2) is 0 Å². The Hall–Kier alpha value is -1.58. The van der Waals surface area contributed by atoms with Crippen molar-refractivity contribution in [3.05, 3.63) is 0 Å². The van der Waals surface area contributed by atoms with Gasteiger partial charge < -0.3 is 15.0 Å². The van der Waals surface area contributed by atoms with Gasteiger partial charge in [0.05, 0.1) is 6.54 Å². The van der Waals surface area contributed by atoms with Crippen molar-refractivity contribution < 1.29 is 31.9 Å². The minimum atomic E-state index is -4.58. The van der Waals surface area contributed by atoms with E-state index in [2.05, 4.69) is 5.32 Å². The first-order valence-electron chi connectivity index (χ1n) is 8.59. The molecule has 2 amide bonds. The molecule has 2 aliphatic heterocycles. The summed E-state index contributed by atoms with van der Waals surface area (Å²) in [5.74, 6) is -0.887. The number of nitrogens with one attached hydrogen (secondary N) is 1. The lowest BCUT2D eigenvalue weighted by Gasteiger charge is -2.34. The van der Waals surface area contributed by atoms with E-state index < -0.39 is 48.6 Å². The molecule has 6 nitrogen and oxygen atoms in total. The topological polar surface area (TPSA) is 61.9 Å². The summed E-state index contributed by atoms with van der Waals surface area (Å²) in [7, 11) is 0. The second-order valence-corrected chi connectivity index (χ2v) is 7.71. The first kappa shape index (κ1) is 20.7. The third kappa shape index (κ3) is 5.46. The van der Waals surface area contributed by atoms with Crippen LogP contribution in [0.25, 0.3) is 0 Å². The smallest absolute Gasteiger partial charge is 0.411 e. The third-order valence-corrected chi connectivity index (χ3v) is 4.27. The zero-order chi connectivity index (χ0) is 19.7. The Bertz CT molecular complexity index is 530. The van der Waals surface area contributed by atoms with Crippen LogP contribution in [0.1, 0.15) is 33.6 Å². The molecule has 2 rings (SSSR count). The summed E-state index contributed by atoms with van der Waals surface area (Å²) in [4.78, 5) is 26.7. The zero-order valence-corrected chi connectivity index (χ0v) is 15.1. The number of nitrogens with zero attached hydrogens (tertiary/aromatic N) is 2. The Labute approximate surface area is 149 Å². The van der Waals surface area contributed by atoms with Gasteiger partial charge in [-0.3, -0.25) is 9.69 Å². The van der Waals surface area contributed by atoms with Crippen molar-refractivity contribution in [3.8, 4) is 0 Å². The summed E-state index contributed by atoms with van der Waals surface area (Å²) < 4.78 is 58.0. The van der Waals surface area contributed by atoms with E-state index in [4.69, 9.17) is 4.74 Å². The van der Waals surface area contributed by atoms with Gasteiger partial charge in [0.2, 0.25) is 5.91 Å². The highest BCUT2D eigenvalue weighted by atomic mass is 19.4. The van der Waals surface area contributed by atoms with Crippen molar-refractivity contribution in [1.29, 1.82) is 0 Å². The minimum absolute atomic E-state index is 0.236. The number of hydrogen-bond acceptors (Lipinski definition) is 4. The van der Waals surface area contributed by atoms with E-state index in [9.17, 15) is 27.2 Å². The maximum atomic E-state index is 13.9. The molecule has 26 heavy (non-hydrogen) atoms. The van der Waals surface area contributed by atoms with E-state index in [1.807, 2.05) is 0 Å². The SMILES string of the molecule is CC(C)(C)OC(=O)N1C[C@H](F)C[C@@H]1C(=O)N(CC(F)(F)F)[C@@H]1CCNC1. The van der Waals surface area contributed by atoms with Crippen LogP contribution in [0.2, 0.25) is 0 Å². The van der Waals surface area contributed by atoms with E-state index in [1.165, 1.54) is 0 Å². The molecule has 150 valence electrons. The fourth-order valence-electron chi connectivity index (χ4n) is 3.22. The number of carbonyl (C=O) groups excluding carboxylic acids is 2. The zero-order valence-electron chi connectivity index (χ0n) is 15.1. The van der Waals surface area contributed by atoms with Gasteiger partial charge in [-0.25, -0.2) is 9.18 Å². The number of amides is 2. The van der Waals surface area contributed by atoms with Gasteiger partial charge in [-0.2, -0.15) is 13.2 Å². The Morgan fingerprint density at radius 2 is 1.92 bits per heavy atom. The van der Waals surface area contributed by atoms with Gasteiger partial charge in [0.15, 0.2) is 0 Å². The average Bonchev–Trinajstić information content (AvgIpc) is 3.10. The van der Waals surface area contributed by atoms with Gasteiger partial charge in [-0.15, -0.1) is 0 Å². The molecule has 10 heteroatoms. The number of hydrogen-bond donors (Lipinski definition) is 1. The molecule has 2 saturated heterocycles. The number of alkyl halides is 4. The van der Waals surface area contributed by atoms with E-state index >= 15 is 0 Å². The lowest BCUT2D eigenvalue weighted by molar-refractivity contribution is -0.167. The lowest BCUT2D eigenvalue weighted by Crippen LogP contribution is -2.54. The lowest BCUT2D eigenvalue weighted by atomic mass is 10.1. The average molecular weight is 383 g/mol. The molecule has 0 aromatic heterocycles. The second-order valence-electron chi connectivity index (χ2n) is 7.71. The molecule has 0 bridgehead atoms. The Morgan fingerprint density at radius 3 is 2.42 bits per heavy atom. The van der Waals surface area contributed by atoms with Crippen molar-refractivity contribution in [2.45, 2.75) is 63.6 Å². The fourth-order valence-corrected chi connectivity index (χ4v) is 3.22. The van der Waals surface area contributed by atoms with E-state index in [1.54, 1.807) is 20.8 Å². The highest BCUT2D eigenvalue weighted by Crippen LogP contribution is 2.28. The summed E-state index contributed by atoms with van der Waals surface area (Å²) in [5.41, 5.74) is -0.861. The van der Waals surface area contributed by atoms with Crippen molar-refractivity contribution in [2.24, 2.45) is 0 Å². The van der Waals surface area contributed by atoms with Gasteiger partial charge in [0.25, 0.3) is 0 Å². The number of rotatable bonds is 3. The van der Waals surface area contributed by atoms with Gasteiger partial charge >= 0.3 is 12.3 Å². The Kier molecular flexibility index (Phi) is 6.04. The highest BCUT2D eigenvalue weighted by Gasteiger charge is 2.46. The van der Waals surface area contributed by atoms with Gasteiger partial charge in [-0.1, -0.05) is 0 Å². The first-order valence-corrected chi connectivity index (χ1v) is 8.59. The van der Waals surface area contributed by atoms with Crippen LogP contribution in [0.3, 0.4) is 0 Å². The Balaban J connectivity index is 2.19. The number of carbonyl (C=O) groups is 2. The number of likely N-dealkylation sites (tertiary alicyclic amines) is 1. The minimum Gasteiger partial charge on any atom is -0.444 e. The van der Waals surface area contributed by atoms with Crippen LogP contribution in [0, 0.1) is 0 Å². The van der Waals surface area contributed by atoms with Gasteiger partial charge in [-0.05, 0) is 33.7 Å². The van der Waals surface area contributed by atoms with Crippen molar-refractivity contribution in [2.75, 3.05) is 26.2 Å². The van der Waals surface area contributed by atoms with E-state index in [0.717, 1.165) is 9.80 Å². The summed E-state index contributed by atoms with van der Waals surface area (Å²) in [6.07, 6.45) is -6.91. The monoisotopic (exact) mass is 383 g/mol. The molecular weight excluding hydrogens is 358 g/mol. The molecule has 0 saturated carbocycles. The van der Waals surface area contributed by atoms with Gasteiger partial charge in [0.1, 0.15) is 24.4 Å². The molecule has 1 N–H and O–H groups in total. The molecule has 2 aliphatic rings. The molecule has 0 unspecified atom stereocenters. The molecular formula is C16H25F4N3O3. The molecule has 2 heterocycles. The Morgan fingerprint density at radius 1 is 1.27 bits per heavy atom. The van der Waals surface area contributed by atoms with Crippen LogP contribution < -0.4 is 5.32 Å². The third-order valence-electron chi connectivity index (χ3n) is 4.27. The van der Waals surface area contributed by atoms with Crippen molar-refractivity contribution >= 4 is 12.0 Å². The summed E-state index contributed by atoms with van der Waals surface area (Å²) in [5, 5.41) is 2.92. The van der Waals surface area contributed by atoms with Crippen molar-refractivity contribution in [3.63, 3.8) is 0 Å². The number of ether oxygens (including phenoxy) is 1. The summed E-state index contributed by atoms with van der Waals surface area (Å²) in [6.45, 7) is 3.79. The second kappa shape index (κ2) is 7.58. The standard InChI is InChI=1S/C16H25F4N3O3/c1-15(2,3)26-14(25)22-8-10(17)6-12(22)13(24)23(9-16(18,19)20)11-4-5-21-7-11/h10-12,21H,4-9H2,1-3H3/t10-,11-,12-/m1/s1. The normalized spacial score (nSPS) is 26.9. The van der Waals surface area contributed by atoms with Crippen LogP contribution in [0.5, 0.6) is 0 Å². The molecule has 0 aliphatic carbocycles. The van der Waals surface area contributed by atoms with Crippen LogP contribution in [-0.4, -0.2) is 78.0 Å². The van der Waals surface area contributed by atoms with Crippen LogP contribution in [0.4, 0.5) is 22.4 Å². The predicted octanol–water partition coefficient (Wildman–Crippen LogP) is 2.09. The van der Waals surface area contributed by atoms with E-state index in [0.29, 0.717) is 13.0 Å². The van der Waals surface area contributed by atoms with Crippen LogP contribution in [-0.2, 0) is 9.53 Å². The number of halogens is 4. The van der Waals surface area contributed by atoms with Crippen LogP contribution >= 0.6 is 0 Å². The molecule has 0 aromatic carbocycles. The molecule has 0 aromatic rings. The molecule has 3 atom stereocenters. The maximum Gasteiger partial charge on any atom is 0.411 e. The quantitative estimate of drug-likeness (QED) is 0.758. The largest absolute Gasteiger partial charge is 0.444 e. The summed E-state index contributed by atoms with van der Waals surface area (Å²) in [6, 6.07) is -1.92. The molecule has 0 radical (unpaired) electrons. The first-order chi connectivity index (χ1) is 11.9. The highest BCUT2D eigenvalue weighted by molar-refractivity contribution is 5.87. The molecule has 0 spiro atoms. The van der Waals surface area contributed by atoms with Crippen molar-refractivity contribution in [1.82, 2.24) is 15.1 Å². The summed E-state index contributed by atoms with van der Waals surface area (Å²) >= 11 is 0. The predicted molar refractivity (Wildman–Crippen MR) is 85.3 cm³/mol. The van der Waals surface area contributed by atoms with E-state index in [-0.39, 0.29) is 19.5 Å².